The monoisotopic (exact) mass is 299 g/mol. The summed E-state index contributed by atoms with van der Waals surface area (Å²) in [6.45, 7) is 2.13. The third-order valence-electron chi connectivity index (χ3n) is 3.90. The van der Waals surface area contributed by atoms with Crippen LogP contribution in [0.15, 0.2) is 60.7 Å². The summed E-state index contributed by atoms with van der Waals surface area (Å²) in [7, 11) is 0. The van der Waals surface area contributed by atoms with Crippen molar-refractivity contribution in [2.75, 3.05) is 5.73 Å². The maximum atomic E-state index is 9.42. The summed E-state index contributed by atoms with van der Waals surface area (Å²) in [5, 5.41) is 9.42. The molecule has 23 heavy (non-hydrogen) atoms. The van der Waals surface area contributed by atoms with Crippen LogP contribution in [0.1, 0.15) is 18.1 Å². The van der Waals surface area contributed by atoms with Crippen LogP contribution in [0.3, 0.4) is 0 Å². The van der Waals surface area contributed by atoms with Crippen LogP contribution in [0.25, 0.3) is 22.4 Å². The predicted octanol–water partition coefficient (Wildman–Crippen LogP) is 4.43. The Bertz CT molecular complexity index is 860. The van der Waals surface area contributed by atoms with Gasteiger partial charge in [0.25, 0.3) is 0 Å². The van der Waals surface area contributed by atoms with Gasteiger partial charge in [-0.1, -0.05) is 61.5 Å². The van der Waals surface area contributed by atoms with Crippen molar-refractivity contribution in [2.24, 2.45) is 0 Å². The van der Waals surface area contributed by atoms with Gasteiger partial charge in [-0.3, -0.25) is 0 Å². The highest BCUT2D eigenvalue weighted by Crippen LogP contribution is 2.31. The van der Waals surface area contributed by atoms with Crippen LogP contribution in [0, 0.1) is 11.3 Å². The van der Waals surface area contributed by atoms with Crippen molar-refractivity contribution in [2.45, 2.75) is 13.3 Å². The van der Waals surface area contributed by atoms with E-state index in [9.17, 15) is 5.26 Å². The molecule has 0 aliphatic rings. The van der Waals surface area contributed by atoms with Crippen LogP contribution in [0.2, 0.25) is 0 Å². The molecule has 3 heteroatoms. The fraction of sp³-hybridized carbons (Fsp3) is 0.100. The van der Waals surface area contributed by atoms with Gasteiger partial charge in [-0.15, -0.1) is 0 Å². The smallest absolute Gasteiger partial charge is 0.142 e. The highest BCUT2D eigenvalue weighted by Gasteiger charge is 2.13. The summed E-state index contributed by atoms with van der Waals surface area (Å²) in [5.41, 5.74) is 11.3. The van der Waals surface area contributed by atoms with Crippen molar-refractivity contribution in [1.82, 2.24) is 4.98 Å². The van der Waals surface area contributed by atoms with E-state index in [4.69, 9.17) is 5.73 Å². The van der Waals surface area contributed by atoms with Crippen LogP contribution >= 0.6 is 0 Å². The molecule has 1 heterocycles. The molecule has 0 aliphatic carbocycles. The number of nitrogens with two attached hydrogens (primary N) is 1. The topological polar surface area (TPSA) is 62.7 Å². The third-order valence-corrected chi connectivity index (χ3v) is 3.90. The SMILES string of the molecule is CCc1ccc(-c2cc(-c3ccccc3)c(C#N)c(N)n2)cc1. The standard InChI is InChI=1S/C20H17N3/c1-2-14-8-10-16(11-9-14)19-12-17(15-6-4-3-5-7-15)18(13-21)20(22)23-19/h3-12H,2H2,1H3,(H2,22,23). The second-order valence-corrected chi connectivity index (χ2v) is 5.34. The lowest BCUT2D eigenvalue weighted by Crippen LogP contribution is -1.99. The number of pyridine rings is 1. The number of hydrogen-bond donors (Lipinski definition) is 1. The molecular weight excluding hydrogens is 282 g/mol. The van der Waals surface area contributed by atoms with Gasteiger partial charge in [0.05, 0.1) is 5.69 Å². The molecule has 1 aromatic heterocycles. The maximum Gasteiger partial charge on any atom is 0.142 e. The summed E-state index contributed by atoms with van der Waals surface area (Å²) in [4.78, 5) is 4.41. The minimum Gasteiger partial charge on any atom is -0.383 e. The van der Waals surface area contributed by atoms with Gasteiger partial charge in [0, 0.05) is 11.1 Å². The van der Waals surface area contributed by atoms with Crippen LogP contribution in [-0.4, -0.2) is 4.98 Å². The fourth-order valence-electron chi connectivity index (χ4n) is 2.59. The zero-order valence-corrected chi connectivity index (χ0v) is 13.0. The molecule has 0 amide bonds. The Labute approximate surface area is 136 Å². The molecule has 2 aromatic carbocycles. The Morgan fingerprint density at radius 2 is 1.70 bits per heavy atom. The minimum absolute atomic E-state index is 0.267. The summed E-state index contributed by atoms with van der Waals surface area (Å²) >= 11 is 0. The molecule has 0 saturated carbocycles. The van der Waals surface area contributed by atoms with Crippen molar-refractivity contribution in [3.8, 4) is 28.5 Å². The molecule has 0 bridgehead atoms. The van der Waals surface area contributed by atoms with E-state index >= 15 is 0 Å². The van der Waals surface area contributed by atoms with E-state index in [0.717, 1.165) is 28.8 Å². The molecule has 2 N–H and O–H groups in total. The van der Waals surface area contributed by atoms with Gasteiger partial charge in [0.1, 0.15) is 17.5 Å². The fourth-order valence-corrected chi connectivity index (χ4v) is 2.59. The van der Waals surface area contributed by atoms with Gasteiger partial charge in [-0.2, -0.15) is 5.26 Å². The maximum absolute atomic E-state index is 9.42. The lowest BCUT2D eigenvalue weighted by atomic mass is 9.98. The van der Waals surface area contributed by atoms with E-state index < -0.39 is 0 Å². The van der Waals surface area contributed by atoms with Crippen LogP contribution in [-0.2, 0) is 6.42 Å². The van der Waals surface area contributed by atoms with Crippen molar-refractivity contribution < 1.29 is 0 Å². The highest BCUT2D eigenvalue weighted by atomic mass is 14.8. The van der Waals surface area contributed by atoms with E-state index in [2.05, 4.69) is 30.1 Å². The molecule has 0 radical (unpaired) electrons. The second-order valence-electron chi connectivity index (χ2n) is 5.34. The molecule has 0 saturated heterocycles. The summed E-state index contributed by atoms with van der Waals surface area (Å²) < 4.78 is 0. The van der Waals surface area contributed by atoms with Gasteiger partial charge >= 0.3 is 0 Å². The van der Waals surface area contributed by atoms with Gasteiger partial charge in [-0.25, -0.2) is 4.98 Å². The number of nitrogen functional groups attached to an aromatic ring is 1. The minimum atomic E-state index is 0.267. The lowest BCUT2D eigenvalue weighted by Gasteiger charge is -2.10. The van der Waals surface area contributed by atoms with Gasteiger partial charge in [0.15, 0.2) is 0 Å². The average Bonchev–Trinajstić information content (AvgIpc) is 2.62. The zero-order chi connectivity index (χ0) is 16.2. The second kappa shape index (κ2) is 6.33. The number of aromatic nitrogens is 1. The van der Waals surface area contributed by atoms with E-state index in [0.29, 0.717) is 5.56 Å². The van der Waals surface area contributed by atoms with Crippen LogP contribution in [0.5, 0.6) is 0 Å². The number of benzene rings is 2. The molecule has 0 spiro atoms. The highest BCUT2D eigenvalue weighted by molar-refractivity contribution is 5.80. The zero-order valence-electron chi connectivity index (χ0n) is 13.0. The average molecular weight is 299 g/mol. The van der Waals surface area contributed by atoms with Gasteiger partial charge in [0.2, 0.25) is 0 Å². The van der Waals surface area contributed by atoms with Gasteiger partial charge < -0.3 is 5.73 Å². The first kappa shape index (κ1) is 14.8. The first-order valence-electron chi connectivity index (χ1n) is 7.58. The van der Waals surface area contributed by atoms with Crippen molar-refractivity contribution in [3.63, 3.8) is 0 Å². The normalized spacial score (nSPS) is 10.3. The molecule has 0 aliphatic heterocycles. The van der Waals surface area contributed by atoms with E-state index in [1.807, 2.05) is 48.5 Å². The van der Waals surface area contributed by atoms with Crippen molar-refractivity contribution >= 4 is 5.82 Å². The summed E-state index contributed by atoms with van der Waals surface area (Å²) in [6.07, 6.45) is 0.998. The Morgan fingerprint density at radius 3 is 2.30 bits per heavy atom. The molecule has 0 atom stereocenters. The predicted molar refractivity (Wildman–Crippen MR) is 93.6 cm³/mol. The molecule has 0 fully saturated rings. The van der Waals surface area contributed by atoms with E-state index in [1.165, 1.54) is 5.56 Å². The summed E-state index contributed by atoms with van der Waals surface area (Å²) in [6, 6.07) is 22.2. The Hall–Kier alpha value is -3.12. The molecular formula is C20H17N3. The van der Waals surface area contributed by atoms with Crippen LogP contribution in [0.4, 0.5) is 5.82 Å². The number of hydrogen-bond acceptors (Lipinski definition) is 3. The quantitative estimate of drug-likeness (QED) is 0.778. The third kappa shape index (κ3) is 2.93. The Morgan fingerprint density at radius 1 is 1.00 bits per heavy atom. The van der Waals surface area contributed by atoms with E-state index in [-0.39, 0.29) is 5.82 Å². The largest absolute Gasteiger partial charge is 0.383 e. The number of aryl methyl sites for hydroxylation is 1. The summed E-state index contributed by atoms with van der Waals surface area (Å²) in [5.74, 6) is 0.267. The molecule has 3 nitrogen and oxygen atoms in total. The number of anilines is 1. The number of rotatable bonds is 3. The number of nitriles is 1. The van der Waals surface area contributed by atoms with Crippen molar-refractivity contribution in [1.29, 1.82) is 5.26 Å². The lowest BCUT2D eigenvalue weighted by molar-refractivity contribution is 1.14. The molecule has 3 aromatic rings. The number of nitrogens with zero attached hydrogens (tertiary/aromatic N) is 2. The Balaban J connectivity index is 2.16. The first-order chi connectivity index (χ1) is 11.2. The molecule has 112 valence electrons. The molecule has 0 unspecified atom stereocenters. The first-order valence-corrected chi connectivity index (χ1v) is 7.58. The van der Waals surface area contributed by atoms with Gasteiger partial charge in [-0.05, 0) is 23.6 Å². The Kier molecular flexibility index (Phi) is 4.07. The van der Waals surface area contributed by atoms with Crippen LogP contribution < -0.4 is 5.73 Å². The van der Waals surface area contributed by atoms with E-state index in [1.54, 1.807) is 0 Å². The van der Waals surface area contributed by atoms with Crippen molar-refractivity contribution in [3.05, 3.63) is 71.8 Å². The molecule has 3 rings (SSSR count).